The molecule has 4 heteroatoms. The minimum atomic E-state index is -0.225. The highest BCUT2D eigenvalue weighted by Gasteiger charge is 2.23. The van der Waals surface area contributed by atoms with Crippen molar-refractivity contribution in [2.24, 2.45) is 5.92 Å². The average molecular weight is 316 g/mol. The number of hydrogen-bond donors (Lipinski definition) is 2. The van der Waals surface area contributed by atoms with Crippen molar-refractivity contribution in [3.63, 3.8) is 0 Å². The molecule has 1 saturated carbocycles. The van der Waals surface area contributed by atoms with Gasteiger partial charge in [-0.15, -0.1) is 0 Å². The number of nitrogens with one attached hydrogen (secondary N) is 1. The molecule has 2 unspecified atom stereocenters. The van der Waals surface area contributed by atoms with Crippen molar-refractivity contribution in [2.45, 2.75) is 38.3 Å². The zero-order valence-corrected chi connectivity index (χ0v) is 11.9. The molecule has 100 valence electrons. The first-order valence-electron chi connectivity index (χ1n) is 6.49. The lowest BCUT2D eigenvalue weighted by atomic mass is 9.85. The molecule has 2 atom stereocenters. The highest BCUT2D eigenvalue weighted by atomic mass is 79.9. The van der Waals surface area contributed by atoms with Gasteiger partial charge in [-0.1, -0.05) is 18.9 Å². The summed E-state index contributed by atoms with van der Waals surface area (Å²) in [6, 6.07) is 5.55. The standard InChI is InChI=1S/C14H19BrFNO/c15-12-6-5-10(7-13(12)16)8-17-14-4-2-1-3-11(14)9-18/h5-7,11,14,17-18H,1-4,8-9H2. The van der Waals surface area contributed by atoms with E-state index in [0.29, 0.717) is 23.0 Å². The minimum Gasteiger partial charge on any atom is -0.396 e. The lowest BCUT2D eigenvalue weighted by molar-refractivity contribution is 0.152. The van der Waals surface area contributed by atoms with Crippen LogP contribution in [0.25, 0.3) is 0 Å². The zero-order valence-electron chi connectivity index (χ0n) is 10.3. The van der Waals surface area contributed by atoms with Gasteiger partial charge in [-0.05, 0) is 52.4 Å². The van der Waals surface area contributed by atoms with Gasteiger partial charge >= 0.3 is 0 Å². The lowest BCUT2D eigenvalue weighted by Crippen LogP contribution is -2.39. The van der Waals surface area contributed by atoms with E-state index >= 15 is 0 Å². The summed E-state index contributed by atoms with van der Waals surface area (Å²) in [5.74, 6) is 0.121. The molecule has 2 N–H and O–H groups in total. The third-order valence-electron chi connectivity index (χ3n) is 3.70. The molecule has 0 spiro atoms. The predicted molar refractivity (Wildman–Crippen MR) is 73.8 cm³/mol. The van der Waals surface area contributed by atoms with Crippen LogP contribution in [0, 0.1) is 11.7 Å². The predicted octanol–water partition coefficient (Wildman–Crippen LogP) is 3.23. The van der Waals surface area contributed by atoms with Crippen molar-refractivity contribution in [2.75, 3.05) is 6.61 Å². The van der Waals surface area contributed by atoms with Crippen LogP contribution in [0.2, 0.25) is 0 Å². The van der Waals surface area contributed by atoms with Crippen molar-refractivity contribution in [1.82, 2.24) is 5.32 Å². The van der Waals surface area contributed by atoms with E-state index in [0.717, 1.165) is 18.4 Å². The van der Waals surface area contributed by atoms with E-state index in [4.69, 9.17) is 0 Å². The molecular weight excluding hydrogens is 297 g/mol. The fourth-order valence-corrected chi connectivity index (χ4v) is 2.84. The second-order valence-electron chi connectivity index (χ2n) is 4.96. The summed E-state index contributed by atoms with van der Waals surface area (Å²) < 4.78 is 13.9. The van der Waals surface area contributed by atoms with Crippen LogP contribution in [-0.2, 0) is 6.54 Å². The van der Waals surface area contributed by atoms with Gasteiger partial charge in [0.2, 0.25) is 0 Å². The number of benzene rings is 1. The molecule has 0 bridgehead atoms. The molecule has 18 heavy (non-hydrogen) atoms. The maximum absolute atomic E-state index is 13.4. The van der Waals surface area contributed by atoms with Crippen molar-refractivity contribution >= 4 is 15.9 Å². The topological polar surface area (TPSA) is 32.3 Å². The first kappa shape index (κ1) is 14.0. The summed E-state index contributed by atoms with van der Waals surface area (Å²) in [6.45, 7) is 0.901. The van der Waals surface area contributed by atoms with E-state index in [1.165, 1.54) is 12.8 Å². The highest BCUT2D eigenvalue weighted by Crippen LogP contribution is 2.24. The number of aliphatic hydroxyl groups excluding tert-OH is 1. The maximum Gasteiger partial charge on any atom is 0.137 e. The molecule has 0 amide bonds. The monoisotopic (exact) mass is 315 g/mol. The van der Waals surface area contributed by atoms with Gasteiger partial charge in [0.25, 0.3) is 0 Å². The number of rotatable bonds is 4. The molecule has 1 aliphatic rings. The van der Waals surface area contributed by atoms with Crippen LogP contribution in [-0.4, -0.2) is 17.8 Å². The van der Waals surface area contributed by atoms with Gasteiger partial charge in [-0.2, -0.15) is 0 Å². The van der Waals surface area contributed by atoms with Gasteiger partial charge in [0.15, 0.2) is 0 Å². The molecule has 2 rings (SSSR count). The van der Waals surface area contributed by atoms with Crippen LogP contribution in [0.15, 0.2) is 22.7 Å². The smallest absolute Gasteiger partial charge is 0.137 e. The first-order chi connectivity index (χ1) is 8.70. The van der Waals surface area contributed by atoms with Gasteiger partial charge in [0.1, 0.15) is 5.82 Å². The van der Waals surface area contributed by atoms with Gasteiger partial charge < -0.3 is 10.4 Å². The molecular formula is C14H19BrFNO. The molecule has 1 fully saturated rings. The largest absolute Gasteiger partial charge is 0.396 e. The third-order valence-corrected chi connectivity index (χ3v) is 4.34. The fourth-order valence-electron chi connectivity index (χ4n) is 2.59. The van der Waals surface area contributed by atoms with E-state index in [2.05, 4.69) is 21.2 Å². The SMILES string of the molecule is OCC1CCCCC1NCc1ccc(Br)c(F)c1. The van der Waals surface area contributed by atoms with Crippen LogP contribution in [0.3, 0.4) is 0 Å². The Kier molecular flexibility index (Phi) is 5.15. The van der Waals surface area contributed by atoms with E-state index in [1.807, 2.05) is 6.07 Å². The molecule has 1 aliphatic carbocycles. The second-order valence-corrected chi connectivity index (χ2v) is 5.82. The van der Waals surface area contributed by atoms with Gasteiger partial charge in [-0.25, -0.2) is 4.39 Å². The Bertz CT molecular complexity index is 399. The number of halogens is 2. The van der Waals surface area contributed by atoms with Crippen molar-refractivity contribution in [3.8, 4) is 0 Å². The quantitative estimate of drug-likeness (QED) is 0.894. The third kappa shape index (κ3) is 3.53. The van der Waals surface area contributed by atoms with E-state index in [-0.39, 0.29) is 12.4 Å². The Balaban J connectivity index is 1.91. The van der Waals surface area contributed by atoms with Crippen molar-refractivity contribution < 1.29 is 9.50 Å². The minimum absolute atomic E-state index is 0.225. The maximum atomic E-state index is 13.4. The van der Waals surface area contributed by atoms with Crippen LogP contribution in [0.5, 0.6) is 0 Å². The molecule has 0 aliphatic heterocycles. The summed E-state index contributed by atoms with van der Waals surface area (Å²) in [5.41, 5.74) is 0.943. The summed E-state index contributed by atoms with van der Waals surface area (Å²) in [6.07, 6.45) is 4.60. The summed E-state index contributed by atoms with van der Waals surface area (Å²) in [5, 5.41) is 12.8. The van der Waals surface area contributed by atoms with Gasteiger partial charge in [0.05, 0.1) is 4.47 Å². The second kappa shape index (κ2) is 6.64. The fraction of sp³-hybridized carbons (Fsp3) is 0.571. The number of aliphatic hydroxyl groups is 1. The van der Waals surface area contributed by atoms with Gasteiger partial charge in [-0.3, -0.25) is 0 Å². The Morgan fingerprint density at radius 2 is 2.11 bits per heavy atom. The number of hydrogen-bond acceptors (Lipinski definition) is 2. The molecule has 0 heterocycles. The molecule has 0 aromatic heterocycles. The Labute approximate surface area is 116 Å². The van der Waals surface area contributed by atoms with E-state index < -0.39 is 0 Å². The zero-order chi connectivity index (χ0) is 13.0. The molecule has 1 aromatic carbocycles. The normalized spacial score (nSPS) is 24.2. The van der Waals surface area contributed by atoms with Crippen molar-refractivity contribution in [1.29, 1.82) is 0 Å². The van der Waals surface area contributed by atoms with Crippen LogP contribution < -0.4 is 5.32 Å². The average Bonchev–Trinajstić information content (AvgIpc) is 2.40. The lowest BCUT2D eigenvalue weighted by Gasteiger charge is -2.31. The van der Waals surface area contributed by atoms with Crippen molar-refractivity contribution in [3.05, 3.63) is 34.1 Å². The highest BCUT2D eigenvalue weighted by molar-refractivity contribution is 9.10. The Hall–Kier alpha value is -0.450. The van der Waals surface area contributed by atoms with E-state index in [1.54, 1.807) is 12.1 Å². The van der Waals surface area contributed by atoms with Crippen LogP contribution in [0.4, 0.5) is 4.39 Å². The molecule has 2 nitrogen and oxygen atoms in total. The van der Waals surface area contributed by atoms with Crippen LogP contribution in [0.1, 0.15) is 31.2 Å². The van der Waals surface area contributed by atoms with E-state index in [9.17, 15) is 9.50 Å². The van der Waals surface area contributed by atoms with Gasteiger partial charge in [0, 0.05) is 19.2 Å². The Morgan fingerprint density at radius 1 is 1.33 bits per heavy atom. The summed E-state index contributed by atoms with van der Waals surface area (Å²) >= 11 is 3.15. The summed E-state index contributed by atoms with van der Waals surface area (Å²) in [7, 11) is 0. The summed E-state index contributed by atoms with van der Waals surface area (Å²) in [4.78, 5) is 0. The first-order valence-corrected chi connectivity index (χ1v) is 7.28. The van der Waals surface area contributed by atoms with Crippen LogP contribution >= 0.6 is 15.9 Å². The molecule has 0 saturated heterocycles. The molecule has 1 aromatic rings. The molecule has 0 radical (unpaired) electrons. The Morgan fingerprint density at radius 3 is 2.83 bits per heavy atom.